The van der Waals surface area contributed by atoms with Crippen molar-refractivity contribution in [3.63, 3.8) is 0 Å². The highest BCUT2D eigenvalue weighted by molar-refractivity contribution is 6.06. The number of hydrogen-bond donors (Lipinski definition) is 6. The third-order valence-corrected chi connectivity index (χ3v) is 5.74. The molecule has 0 saturated carbocycles. The van der Waals surface area contributed by atoms with Crippen molar-refractivity contribution >= 4 is 5.78 Å². The zero-order valence-electron chi connectivity index (χ0n) is 18.9. The van der Waals surface area contributed by atoms with Crippen LogP contribution in [0.25, 0.3) is 0 Å². The van der Waals surface area contributed by atoms with Crippen molar-refractivity contribution in [1.29, 1.82) is 0 Å². The summed E-state index contributed by atoms with van der Waals surface area (Å²) in [5.74, 6) is -2.39. The van der Waals surface area contributed by atoms with Gasteiger partial charge < -0.3 is 35.4 Å². The number of benzene rings is 2. The number of aromatic hydroxyl groups is 4. The molecule has 0 amide bonds. The average Bonchev–Trinajstić information content (AvgIpc) is 2.71. The van der Waals surface area contributed by atoms with Crippen molar-refractivity contribution in [2.75, 3.05) is 0 Å². The van der Waals surface area contributed by atoms with E-state index in [4.69, 9.17) is 4.74 Å². The summed E-state index contributed by atoms with van der Waals surface area (Å²) in [6.07, 6.45) is 1.29. The van der Waals surface area contributed by atoms with Gasteiger partial charge in [0.05, 0.1) is 5.60 Å². The van der Waals surface area contributed by atoms with Crippen LogP contribution in [0.5, 0.6) is 28.7 Å². The van der Waals surface area contributed by atoms with Gasteiger partial charge in [-0.1, -0.05) is 17.7 Å². The van der Waals surface area contributed by atoms with E-state index in [0.29, 0.717) is 6.42 Å². The zero-order valence-corrected chi connectivity index (χ0v) is 18.9. The Kier molecular flexibility index (Phi) is 6.90. The molecular formula is C25H30O8. The van der Waals surface area contributed by atoms with Crippen LogP contribution in [-0.2, 0) is 6.42 Å². The van der Waals surface area contributed by atoms with Crippen molar-refractivity contribution in [2.24, 2.45) is 0 Å². The minimum absolute atomic E-state index is 0.0903. The van der Waals surface area contributed by atoms with Crippen LogP contribution in [0.4, 0.5) is 0 Å². The number of phenolic OH excluding ortho intramolecular Hbond substituents is 4. The normalized spacial score (nSPS) is 18.7. The molecule has 3 rings (SSSR count). The van der Waals surface area contributed by atoms with E-state index < -0.39 is 35.1 Å². The lowest BCUT2D eigenvalue weighted by atomic mass is 9.90. The van der Waals surface area contributed by atoms with Crippen LogP contribution < -0.4 is 4.74 Å². The first kappa shape index (κ1) is 24.4. The van der Waals surface area contributed by atoms with E-state index >= 15 is 0 Å². The van der Waals surface area contributed by atoms with Gasteiger partial charge in [-0.2, -0.15) is 0 Å². The summed E-state index contributed by atoms with van der Waals surface area (Å²) >= 11 is 0. The van der Waals surface area contributed by atoms with Gasteiger partial charge in [0, 0.05) is 11.6 Å². The maximum Gasteiger partial charge on any atom is 0.202 e. The van der Waals surface area contributed by atoms with Crippen molar-refractivity contribution in [3.8, 4) is 28.7 Å². The lowest BCUT2D eigenvalue weighted by molar-refractivity contribution is 0.0209. The molecule has 1 heterocycles. The monoisotopic (exact) mass is 458 g/mol. The van der Waals surface area contributed by atoms with Gasteiger partial charge in [0.2, 0.25) is 5.78 Å². The fourth-order valence-electron chi connectivity index (χ4n) is 3.84. The van der Waals surface area contributed by atoms with E-state index in [0.717, 1.165) is 18.4 Å². The van der Waals surface area contributed by atoms with Crippen LogP contribution >= 0.6 is 0 Å². The van der Waals surface area contributed by atoms with Gasteiger partial charge in [-0.25, -0.2) is 0 Å². The van der Waals surface area contributed by atoms with Gasteiger partial charge in [-0.05, 0) is 64.2 Å². The van der Waals surface area contributed by atoms with Gasteiger partial charge in [0.25, 0.3) is 0 Å². The fraction of sp³-hybridized carbons (Fsp3) is 0.400. The number of rotatable bonds is 7. The smallest absolute Gasteiger partial charge is 0.202 e. The summed E-state index contributed by atoms with van der Waals surface area (Å²) in [5.41, 5.74) is 0.422. The second-order valence-corrected chi connectivity index (χ2v) is 9.11. The Morgan fingerprint density at radius 3 is 2.42 bits per heavy atom. The second kappa shape index (κ2) is 9.33. The summed E-state index contributed by atoms with van der Waals surface area (Å²) in [5, 5.41) is 60.8. The van der Waals surface area contributed by atoms with Crippen LogP contribution in [0.3, 0.4) is 0 Å². The molecule has 33 heavy (non-hydrogen) atoms. The molecule has 2 aromatic carbocycles. The van der Waals surface area contributed by atoms with E-state index in [9.17, 15) is 35.4 Å². The number of Topliss-reactive ketones (excluding diaryl/α,β-unsaturated/α-hetero) is 1. The molecule has 178 valence electrons. The minimum Gasteiger partial charge on any atom is -0.507 e. The number of carbonyl (C=O) groups is 1. The third-order valence-electron chi connectivity index (χ3n) is 5.74. The molecular weight excluding hydrogens is 428 g/mol. The molecule has 1 aliphatic rings. The molecule has 0 radical (unpaired) electrons. The van der Waals surface area contributed by atoms with E-state index in [-0.39, 0.29) is 40.4 Å². The van der Waals surface area contributed by atoms with Gasteiger partial charge in [0.15, 0.2) is 23.7 Å². The first-order chi connectivity index (χ1) is 15.4. The lowest BCUT2D eigenvalue weighted by Gasteiger charge is -2.31. The molecule has 2 atom stereocenters. The van der Waals surface area contributed by atoms with E-state index in [1.54, 1.807) is 13.8 Å². The Hall–Kier alpha value is -3.23. The molecule has 1 aliphatic heterocycles. The number of carbonyl (C=O) groups excluding carboxylic acids is 1. The summed E-state index contributed by atoms with van der Waals surface area (Å²) in [4.78, 5) is 12.9. The first-order valence-corrected chi connectivity index (χ1v) is 10.8. The number of fused-ring (bicyclic) bond motifs is 1. The Labute approximate surface area is 192 Å². The topological polar surface area (TPSA) is 148 Å². The standard InChI is InChI=1S/C25H30O8/c1-13(5-4-10-25(2,3)32)6-8-15-17(27)12-19-20(21(15)29)22(30)23(31)24(33-19)14-7-9-16(26)18(28)11-14/h6-7,9,11-12,23-24,26-29,31-32H,4-5,8,10H2,1-3H3. The Balaban J connectivity index is 1.85. The number of hydrogen-bond acceptors (Lipinski definition) is 8. The summed E-state index contributed by atoms with van der Waals surface area (Å²) in [6.45, 7) is 5.40. The molecule has 0 bridgehead atoms. The molecule has 8 heteroatoms. The van der Waals surface area contributed by atoms with Crippen LogP contribution in [0.2, 0.25) is 0 Å². The van der Waals surface area contributed by atoms with Gasteiger partial charge in [-0.3, -0.25) is 4.79 Å². The molecule has 0 spiro atoms. The highest BCUT2D eigenvalue weighted by atomic mass is 16.5. The molecule has 0 saturated heterocycles. The molecule has 6 N–H and O–H groups in total. The predicted octanol–water partition coefficient (Wildman–Crippen LogP) is 3.62. The van der Waals surface area contributed by atoms with E-state index in [2.05, 4.69) is 0 Å². The maximum atomic E-state index is 12.9. The first-order valence-electron chi connectivity index (χ1n) is 10.8. The molecule has 0 fully saturated rings. The number of aliphatic hydroxyl groups is 2. The SMILES string of the molecule is CC(=CCc1c(O)cc2c(c1O)C(=O)C(O)C(c1ccc(O)c(O)c1)O2)CCCC(C)(C)O. The Morgan fingerprint density at radius 1 is 1.09 bits per heavy atom. The predicted molar refractivity (Wildman–Crippen MR) is 121 cm³/mol. The van der Waals surface area contributed by atoms with Crippen LogP contribution in [0, 0.1) is 0 Å². The van der Waals surface area contributed by atoms with E-state index in [1.165, 1.54) is 24.3 Å². The number of ketones is 1. The van der Waals surface area contributed by atoms with Crippen molar-refractivity contribution < 1.29 is 40.2 Å². The quantitative estimate of drug-likeness (QED) is 0.272. The molecule has 2 unspecified atom stereocenters. The Morgan fingerprint density at radius 2 is 1.79 bits per heavy atom. The summed E-state index contributed by atoms with van der Waals surface area (Å²) in [6, 6.07) is 4.98. The molecule has 2 aromatic rings. The number of aliphatic hydroxyl groups excluding tert-OH is 1. The third kappa shape index (κ3) is 5.40. The average molecular weight is 459 g/mol. The lowest BCUT2D eigenvalue weighted by Crippen LogP contribution is -2.36. The van der Waals surface area contributed by atoms with Crippen LogP contribution in [-0.4, -0.2) is 48.1 Å². The number of phenols is 4. The number of allylic oxidation sites excluding steroid dienone is 2. The second-order valence-electron chi connectivity index (χ2n) is 9.11. The van der Waals surface area contributed by atoms with E-state index in [1.807, 2.05) is 13.0 Å². The largest absolute Gasteiger partial charge is 0.507 e. The fourth-order valence-corrected chi connectivity index (χ4v) is 3.84. The summed E-state index contributed by atoms with van der Waals surface area (Å²) in [7, 11) is 0. The van der Waals surface area contributed by atoms with Crippen molar-refractivity contribution in [3.05, 3.63) is 52.6 Å². The van der Waals surface area contributed by atoms with Gasteiger partial charge in [-0.15, -0.1) is 0 Å². The summed E-state index contributed by atoms with van der Waals surface area (Å²) < 4.78 is 5.70. The van der Waals surface area contributed by atoms with Crippen molar-refractivity contribution in [2.45, 2.75) is 64.3 Å². The molecule has 0 aromatic heterocycles. The molecule has 0 aliphatic carbocycles. The van der Waals surface area contributed by atoms with Crippen LogP contribution in [0.15, 0.2) is 35.9 Å². The minimum atomic E-state index is -1.66. The number of ether oxygens (including phenoxy) is 1. The highest BCUT2D eigenvalue weighted by Gasteiger charge is 2.40. The highest BCUT2D eigenvalue weighted by Crippen LogP contribution is 2.45. The maximum absolute atomic E-state index is 12.9. The van der Waals surface area contributed by atoms with Gasteiger partial charge >= 0.3 is 0 Å². The Bertz CT molecular complexity index is 1080. The van der Waals surface area contributed by atoms with Crippen LogP contribution in [0.1, 0.15) is 67.6 Å². The van der Waals surface area contributed by atoms with Crippen molar-refractivity contribution in [1.82, 2.24) is 0 Å². The molecule has 8 nitrogen and oxygen atoms in total. The zero-order chi connectivity index (χ0) is 24.5. The van der Waals surface area contributed by atoms with Gasteiger partial charge in [0.1, 0.15) is 22.8 Å².